The Morgan fingerprint density at radius 3 is 2.47 bits per heavy atom. The molecule has 1 aromatic carbocycles. The molecule has 30 heavy (non-hydrogen) atoms. The predicted octanol–water partition coefficient (Wildman–Crippen LogP) is 1.59. The maximum absolute atomic E-state index is 12.0. The molecule has 9 heteroatoms. The molecule has 2 amide bonds. The van der Waals surface area contributed by atoms with Gasteiger partial charge in [0.15, 0.2) is 5.96 Å². The van der Waals surface area contributed by atoms with Crippen LogP contribution in [0, 0.1) is 0 Å². The molecule has 1 aromatic heterocycles. The number of nitrogens with zero attached hydrogens (tertiary/aromatic N) is 2. The quantitative estimate of drug-likeness (QED) is 0.173. The second-order valence-electron chi connectivity index (χ2n) is 6.21. The highest BCUT2D eigenvalue weighted by atomic mass is 127. The van der Waals surface area contributed by atoms with E-state index >= 15 is 0 Å². The molecule has 0 saturated heterocycles. The van der Waals surface area contributed by atoms with Crippen molar-refractivity contribution < 1.29 is 9.59 Å². The van der Waals surface area contributed by atoms with Crippen LogP contribution >= 0.6 is 24.0 Å². The Balaban J connectivity index is 0.00000450. The minimum Gasteiger partial charge on any atom is -0.357 e. The van der Waals surface area contributed by atoms with E-state index in [0.29, 0.717) is 36.7 Å². The molecule has 0 aliphatic heterocycles. The van der Waals surface area contributed by atoms with Crippen molar-refractivity contribution >= 4 is 41.8 Å². The van der Waals surface area contributed by atoms with Gasteiger partial charge in [-0.15, -0.1) is 24.0 Å². The van der Waals surface area contributed by atoms with Crippen LogP contribution in [0.25, 0.3) is 0 Å². The normalized spacial score (nSPS) is 10.5. The summed E-state index contributed by atoms with van der Waals surface area (Å²) in [5.41, 5.74) is 2.23. The molecular weight excluding hydrogens is 495 g/mol. The fraction of sp³-hybridized carbons (Fsp3) is 0.333. The SMILES string of the molecule is CCNC(=NCCc1cccc(C(=O)NC)c1)NCCNC(=O)c1cccnc1.I. The molecule has 162 valence electrons. The van der Waals surface area contributed by atoms with Crippen molar-refractivity contribution in [3.05, 3.63) is 65.5 Å². The number of halogens is 1. The summed E-state index contributed by atoms with van der Waals surface area (Å²) in [6.07, 6.45) is 3.89. The number of rotatable bonds is 9. The summed E-state index contributed by atoms with van der Waals surface area (Å²) < 4.78 is 0. The summed E-state index contributed by atoms with van der Waals surface area (Å²) in [4.78, 5) is 32.2. The average molecular weight is 524 g/mol. The van der Waals surface area contributed by atoms with Gasteiger partial charge in [0, 0.05) is 51.2 Å². The van der Waals surface area contributed by atoms with E-state index in [2.05, 4.69) is 31.2 Å². The van der Waals surface area contributed by atoms with Crippen LogP contribution in [0.1, 0.15) is 33.2 Å². The first-order chi connectivity index (χ1) is 14.1. The van der Waals surface area contributed by atoms with Crippen LogP contribution < -0.4 is 21.3 Å². The molecule has 0 spiro atoms. The Bertz CT molecular complexity index is 829. The number of aliphatic imine (C=N–C) groups is 1. The molecule has 0 aliphatic rings. The van der Waals surface area contributed by atoms with E-state index in [1.807, 2.05) is 25.1 Å². The van der Waals surface area contributed by atoms with E-state index < -0.39 is 0 Å². The third-order valence-corrected chi connectivity index (χ3v) is 4.06. The predicted molar refractivity (Wildman–Crippen MR) is 130 cm³/mol. The molecule has 0 fully saturated rings. The van der Waals surface area contributed by atoms with Crippen LogP contribution in [0.15, 0.2) is 53.8 Å². The highest BCUT2D eigenvalue weighted by molar-refractivity contribution is 14.0. The molecule has 0 aliphatic carbocycles. The van der Waals surface area contributed by atoms with Crippen LogP contribution in [0.3, 0.4) is 0 Å². The lowest BCUT2D eigenvalue weighted by atomic mass is 10.1. The number of carbonyl (C=O) groups excluding carboxylic acids is 2. The second-order valence-corrected chi connectivity index (χ2v) is 6.21. The number of benzene rings is 1. The summed E-state index contributed by atoms with van der Waals surface area (Å²) in [7, 11) is 1.62. The number of hydrogen-bond acceptors (Lipinski definition) is 4. The van der Waals surface area contributed by atoms with Crippen LogP contribution in [0.4, 0.5) is 0 Å². The summed E-state index contributed by atoms with van der Waals surface area (Å²) in [6.45, 7) is 4.32. The van der Waals surface area contributed by atoms with Gasteiger partial charge in [-0.1, -0.05) is 12.1 Å². The fourth-order valence-electron chi connectivity index (χ4n) is 2.61. The first-order valence-electron chi connectivity index (χ1n) is 9.65. The minimum absolute atomic E-state index is 0. The van der Waals surface area contributed by atoms with Gasteiger partial charge in [-0.25, -0.2) is 0 Å². The molecule has 1 heterocycles. The van der Waals surface area contributed by atoms with Crippen molar-refractivity contribution in [1.29, 1.82) is 0 Å². The van der Waals surface area contributed by atoms with Gasteiger partial charge < -0.3 is 21.3 Å². The van der Waals surface area contributed by atoms with Crippen molar-refractivity contribution in [2.75, 3.05) is 33.2 Å². The third-order valence-electron chi connectivity index (χ3n) is 4.06. The van der Waals surface area contributed by atoms with Crippen LogP contribution in [0.5, 0.6) is 0 Å². The third kappa shape index (κ3) is 8.76. The first kappa shape index (κ1) is 25.3. The topological polar surface area (TPSA) is 108 Å². The van der Waals surface area contributed by atoms with Gasteiger partial charge in [-0.3, -0.25) is 19.6 Å². The van der Waals surface area contributed by atoms with Crippen LogP contribution in [0.2, 0.25) is 0 Å². The van der Waals surface area contributed by atoms with Crippen LogP contribution in [-0.2, 0) is 6.42 Å². The smallest absolute Gasteiger partial charge is 0.252 e. The maximum Gasteiger partial charge on any atom is 0.252 e. The number of guanidine groups is 1. The van der Waals surface area contributed by atoms with Crippen molar-refractivity contribution in [1.82, 2.24) is 26.3 Å². The first-order valence-corrected chi connectivity index (χ1v) is 9.65. The van der Waals surface area contributed by atoms with Gasteiger partial charge in [0.25, 0.3) is 11.8 Å². The number of hydrogen-bond donors (Lipinski definition) is 4. The molecule has 0 saturated carbocycles. The van der Waals surface area contributed by atoms with E-state index in [0.717, 1.165) is 18.5 Å². The molecule has 0 atom stereocenters. The number of nitrogens with one attached hydrogen (secondary N) is 4. The Kier molecular flexibility index (Phi) is 12.1. The average Bonchev–Trinajstić information content (AvgIpc) is 2.76. The minimum atomic E-state index is -0.155. The fourth-order valence-corrected chi connectivity index (χ4v) is 2.61. The molecule has 2 aromatic rings. The van der Waals surface area contributed by atoms with E-state index in [9.17, 15) is 9.59 Å². The van der Waals surface area contributed by atoms with Gasteiger partial charge in [-0.05, 0) is 43.2 Å². The lowest BCUT2D eigenvalue weighted by Crippen LogP contribution is -2.41. The summed E-state index contributed by atoms with van der Waals surface area (Å²) >= 11 is 0. The highest BCUT2D eigenvalue weighted by Crippen LogP contribution is 2.06. The van der Waals surface area contributed by atoms with Crippen molar-refractivity contribution in [3.8, 4) is 0 Å². The Labute approximate surface area is 194 Å². The lowest BCUT2D eigenvalue weighted by molar-refractivity contribution is 0.0949. The van der Waals surface area contributed by atoms with E-state index in [-0.39, 0.29) is 35.8 Å². The van der Waals surface area contributed by atoms with E-state index in [4.69, 9.17) is 0 Å². The lowest BCUT2D eigenvalue weighted by Gasteiger charge is -2.12. The van der Waals surface area contributed by atoms with Gasteiger partial charge in [-0.2, -0.15) is 0 Å². The summed E-state index contributed by atoms with van der Waals surface area (Å²) in [5, 5.41) is 11.8. The summed E-state index contributed by atoms with van der Waals surface area (Å²) in [6, 6.07) is 11.0. The van der Waals surface area contributed by atoms with Crippen molar-refractivity contribution in [2.24, 2.45) is 4.99 Å². The van der Waals surface area contributed by atoms with Crippen molar-refractivity contribution in [2.45, 2.75) is 13.3 Å². The van der Waals surface area contributed by atoms with E-state index in [1.165, 1.54) is 6.20 Å². The molecule has 4 N–H and O–H groups in total. The van der Waals surface area contributed by atoms with Gasteiger partial charge in [0.1, 0.15) is 0 Å². The number of carbonyl (C=O) groups is 2. The highest BCUT2D eigenvalue weighted by Gasteiger charge is 2.05. The van der Waals surface area contributed by atoms with Crippen LogP contribution in [-0.4, -0.2) is 56.0 Å². The van der Waals surface area contributed by atoms with E-state index in [1.54, 1.807) is 31.4 Å². The molecule has 0 radical (unpaired) electrons. The Morgan fingerprint density at radius 1 is 1.00 bits per heavy atom. The standard InChI is InChI=1S/C21H28N6O2.HI/c1-3-24-21(27-13-12-25-20(29)18-8-5-10-23-15-18)26-11-9-16-6-4-7-17(14-16)19(28)22-2;/h4-8,10,14-15H,3,9,11-13H2,1-2H3,(H,22,28)(H,25,29)(H2,24,26,27);1H. The molecular formula is C21H29IN6O2. The van der Waals surface area contributed by atoms with Gasteiger partial charge in [0.2, 0.25) is 0 Å². The molecule has 2 rings (SSSR count). The Hall–Kier alpha value is -2.69. The zero-order chi connectivity index (χ0) is 20.9. The van der Waals surface area contributed by atoms with Crippen molar-refractivity contribution in [3.63, 3.8) is 0 Å². The molecule has 8 nitrogen and oxygen atoms in total. The summed E-state index contributed by atoms with van der Waals surface area (Å²) in [5.74, 6) is 0.433. The zero-order valence-corrected chi connectivity index (χ0v) is 19.6. The van der Waals surface area contributed by atoms with Gasteiger partial charge in [0.05, 0.1) is 5.56 Å². The number of aromatic nitrogens is 1. The molecule has 0 unspecified atom stereocenters. The van der Waals surface area contributed by atoms with Gasteiger partial charge >= 0.3 is 0 Å². The monoisotopic (exact) mass is 524 g/mol. The second kappa shape index (κ2) is 14.3. The number of amides is 2. The largest absolute Gasteiger partial charge is 0.357 e. The Morgan fingerprint density at radius 2 is 1.77 bits per heavy atom. The molecule has 0 bridgehead atoms. The zero-order valence-electron chi connectivity index (χ0n) is 17.3. The number of pyridine rings is 1. The maximum atomic E-state index is 12.0.